The van der Waals surface area contributed by atoms with E-state index in [0.717, 1.165) is 0 Å². The lowest BCUT2D eigenvalue weighted by atomic mass is 10.2. The van der Waals surface area contributed by atoms with Crippen molar-refractivity contribution in [2.45, 2.75) is 32.0 Å². The number of alkyl halides is 3. The molecular formula is C18H18F3N7O2. The van der Waals surface area contributed by atoms with Gasteiger partial charge in [0.2, 0.25) is 0 Å². The molecule has 0 bridgehead atoms. The Balaban J connectivity index is 1.69. The highest BCUT2D eigenvalue weighted by Crippen LogP contribution is 2.35. The second-order valence-corrected chi connectivity index (χ2v) is 6.79. The molecule has 1 N–H and O–H groups in total. The Hall–Kier alpha value is -3.44. The summed E-state index contributed by atoms with van der Waals surface area (Å²) in [7, 11) is 1.40. The predicted octanol–water partition coefficient (Wildman–Crippen LogP) is 2.62. The van der Waals surface area contributed by atoms with Crippen LogP contribution in [0.5, 0.6) is 6.01 Å². The van der Waals surface area contributed by atoms with Gasteiger partial charge < -0.3 is 15.0 Å². The summed E-state index contributed by atoms with van der Waals surface area (Å²) in [5, 5.41) is 6.86. The zero-order valence-electron chi connectivity index (χ0n) is 16.1. The van der Waals surface area contributed by atoms with Gasteiger partial charge in [-0.25, -0.2) is 14.5 Å². The monoisotopic (exact) mass is 421 g/mol. The lowest BCUT2D eigenvalue weighted by Crippen LogP contribution is -2.41. The molecule has 1 atom stereocenters. The number of ether oxygens (including phenoxy) is 1. The minimum atomic E-state index is -4.35. The van der Waals surface area contributed by atoms with E-state index in [2.05, 4.69) is 25.4 Å². The number of hydrogen-bond acceptors (Lipinski definition) is 7. The number of carbonyl (C=O) groups is 1. The summed E-state index contributed by atoms with van der Waals surface area (Å²) >= 11 is 0. The first-order valence-electron chi connectivity index (χ1n) is 9.15. The first kappa shape index (κ1) is 19.9. The fourth-order valence-electron chi connectivity index (χ4n) is 3.52. The molecule has 1 saturated heterocycles. The van der Waals surface area contributed by atoms with E-state index in [0.29, 0.717) is 12.1 Å². The minimum absolute atomic E-state index is 0.0114. The van der Waals surface area contributed by atoms with Crippen LogP contribution in [0.1, 0.15) is 28.9 Å². The van der Waals surface area contributed by atoms with E-state index in [1.807, 2.05) is 0 Å². The van der Waals surface area contributed by atoms with Crippen molar-refractivity contribution < 1.29 is 22.7 Å². The molecule has 3 aromatic rings. The van der Waals surface area contributed by atoms with E-state index in [1.54, 1.807) is 6.92 Å². The summed E-state index contributed by atoms with van der Waals surface area (Å²) in [6.45, 7) is 1.86. The number of methoxy groups -OCH3 is 1. The van der Waals surface area contributed by atoms with Crippen molar-refractivity contribution in [1.29, 1.82) is 0 Å². The van der Waals surface area contributed by atoms with Gasteiger partial charge in [0.05, 0.1) is 12.8 Å². The maximum absolute atomic E-state index is 13.4. The Labute approximate surface area is 168 Å². The molecular weight excluding hydrogens is 403 g/mol. The Bertz CT molecular complexity index is 1100. The van der Waals surface area contributed by atoms with Crippen molar-refractivity contribution in [1.82, 2.24) is 24.6 Å². The number of hydrogen-bond donors (Lipinski definition) is 1. The molecule has 1 aliphatic rings. The normalized spacial score (nSPS) is 16.8. The fourth-order valence-corrected chi connectivity index (χ4v) is 3.52. The average molecular weight is 421 g/mol. The number of nitrogens with one attached hydrogen (secondary N) is 1. The SMILES string of the molecule is COc1nccc(NC(=O)c2c(C)nn3ccc(N4CCC[C@H]4C(F)(F)F)nc23)n1. The van der Waals surface area contributed by atoms with Gasteiger partial charge in [0.15, 0.2) is 5.65 Å². The summed E-state index contributed by atoms with van der Waals surface area (Å²) < 4.78 is 46.4. The number of fused-ring (bicyclic) bond motifs is 1. The van der Waals surface area contributed by atoms with Crippen LogP contribution in [0, 0.1) is 6.92 Å². The lowest BCUT2D eigenvalue weighted by Gasteiger charge is -2.27. The molecule has 0 radical (unpaired) electrons. The van der Waals surface area contributed by atoms with Crippen molar-refractivity contribution in [2.75, 3.05) is 23.9 Å². The molecule has 0 saturated carbocycles. The Morgan fingerprint density at radius 3 is 2.83 bits per heavy atom. The van der Waals surface area contributed by atoms with Gasteiger partial charge in [0.1, 0.15) is 23.2 Å². The molecule has 4 rings (SSSR count). The molecule has 1 fully saturated rings. The van der Waals surface area contributed by atoms with E-state index in [-0.39, 0.29) is 41.8 Å². The van der Waals surface area contributed by atoms with Crippen LogP contribution in [-0.2, 0) is 0 Å². The number of aromatic nitrogens is 5. The van der Waals surface area contributed by atoms with Crippen LogP contribution in [0.4, 0.5) is 24.8 Å². The van der Waals surface area contributed by atoms with Crippen molar-refractivity contribution in [3.05, 3.63) is 35.8 Å². The van der Waals surface area contributed by atoms with E-state index >= 15 is 0 Å². The van der Waals surface area contributed by atoms with Crippen LogP contribution < -0.4 is 15.0 Å². The van der Waals surface area contributed by atoms with Gasteiger partial charge in [0, 0.05) is 18.9 Å². The summed E-state index contributed by atoms with van der Waals surface area (Å²) in [5.74, 6) is -0.180. The number of rotatable bonds is 4. The van der Waals surface area contributed by atoms with Gasteiger partial charge in [-0.15, -0.1) is 0 Å². The van der Waals surface area contributed by atoms with E-state index < -0.39 is 18.1 Å². The van der Waals surface area contributed by atoms with Gasteiger partial charge >= 0.3 is 12.2 Å². The van der Waals surface area contributed by atoms with Gasteiger partial charge in [-0.2, -0.15) is 23.3 Å². The van der Waals surface area contributed by atoms with Crippen LogP contribution in [-0.4, -0.2) is 56.3 Å². The van der Waals surface area contributed by atoms with Crippen LogP contribution in [0.15, 0.2) is 24.5 Å². The Morgan fingerprint density at radius 2 is 2.10 bits per heavy atom. The Kier molecular flexibility index (Phi) is 4.92. The second kappa shape index (κ2) is 7.43. The fraction of sp³-hybridized carbons (Fsp3) is 0.389. The van der Waals surface area contributed by atoms with Crippen molar-refractivity contribution in [2.24, 2.45) is 0 Å². The molecule has 3 aromatic heterocycles. The second-order valence-electron chi connectivity index (χ2n) is 6.79. The molecule has 4 heterocycles. The molecule has 12 heteroatoms. The molecule has 1 amide bonds. The van der Waals surface area contributed by atoms with Gasteiger partial charge in [-0.3, -0.25) is 4.79 Å². The molecule has 30 heavy (non-hydrogen) atoms. The number of amides is 1. The van der Waals surface area contributed by atoms with E-state index in [9.17, 15) is 18.0 Å². The van der Waals surface area contributed by atoms with Gasteiger partial charge in [-0.1, -0.05) is 0 Å². The Morgan fingerprint density at radius 1 is 1.30 bits per heavy atom. The highest BCUT2D eigenvalue weighted by atomic mass is 19.4. The third-order valence-electron chi connectivity index (χ3n) is 4.86. The molecule has 9 nitrogen and oxygen atoms in total. The highest BCUT2D eigenvalue weighted by molar-refractivity contribution is 6.08. The molecule has 0 aromatic carbocycles. The minimum Gasteiger partial charge on any atom is -0.467 e. The molecule has 1 aliphatic heterocycles. The summed E-state index contributed by atoms with van der Waals surface area (Å²) in [6, 6.07) is 1.44. The maximum atomic E-state index is 13.4. The number of aryl methyl sites for hydroxylation is 1. The maximum Gasteiger partial charge on any atom is 0.408 e. The first-order chi connectivity index (χ1) is 14.3. The van der Waals surface area contributed by atoms with Crippen LogP contribution in [0.25, 0.3) is 5.65 Å². The zero-order chi connectivity index (χ0) is 21.5. The number of halogens is 3. The number of carbonyl (C=O) groups excluding carboxylic acids is 1. The van der Waals surface area contributed by atoms with Crippen LogP contribution in [0.3, 0.4) is 0 Å². The van der Waals surface area contributed by atoms with E-state index in [4.69, 9.17) is 4.74 Å². The molecule has 158 valence electrons. The third-order valence-corrected chi connectivity index (χ3v) is 4.86. The topological polar surface area (TPSA) is 97.5 Å². The van der Waals surface area contributed by atoms with Crippen LogP contribution >= 0.6 is 0 Å². The summed E-state index contributed by atoms with van der Waals surface area (Å²) in [6.07, 6.45) is -1.01. The number of anilines is 2. The van der Waals surface area contributed by atoms with E-state index in [1.165, 1.54) is 41.1 Å². The van der Waals surface area contributed by atoms with Crippen molar-refractivity contribution in [3.63, 3.8) is 0 Å². The summed E-state index contributed by atoms with van der Waals surface area (Å²) in [5.41, 5.74) is 0.695. The van der Waals surface area contributed by atoms with Crippen LogP contribution in [0.2, 0.25) is 0 Å². The highest BCUT2D eigenvalue weighted by Gasteiger charge is 2.46. The molecule has 0 aliphatic carbocycles. The van der Waals surface area contributed by atoms with Crippen molar-refractivity contribution in [3.8, 4) is 6.01 Å². The molecule has 0 spiro atoms. The standard InChI is InChI=1S/C18H18F3N7O2/c1-10-14(16(29)23-12-5-7-22-17(24-12)30-2)15-25-13(6-9-28(15)26-10)27-8-3-4-11(27)18(19,20)21/h5-7,9,11H,3-4,8H2,1-2H3,(H,22,23,24,29)/t11-/m0/s1. The lowest BCUT2D eigenvalue weighted by molar-refractivity contribution is -0.146. The third kappa shape index (κ3) is 3.60. The number of nitrogens with zero attached hydrogens (tertiary/aromatic N) is 6. The predicted molar refractivity (Wildman–Crippen MR) is 101 cm³/mol. The first-order valence-corrected chi connectivity index (χ1v) is 9.15. The van der Waals surface area contributed by atoms with Gasteiger partial charge in [0.25, 0.3) is 5.91 Å². The zero-order valence-corrected chi connectivity index (χ0v) is 16.1. The quantitative estimate of drug-likeness (QED) is 0.692. The van der Waals surface area contributed by atoms with Crippen molar-refractivity contribution >= 4 is 23.2 Å². The summed E-state index contributed by atoms with van der Waals surface area (Å²) in [4.78, 5) is 26.3. The average Bonchev–Trinajstić information content (AvgIpc) is 3.31. The smallest absolute Gasteiger partial charge is 0.408 e. The largest absolute Gasteiger partial charge is 0.467 e. The van der Waals surface area contributed by atoms with Gasteiger partial charge in [-0.05, 0) is 31.9 Å². The molecule has 0 unspecified atom stereocenters.